The summed E-state index contributed by atoms with van der Waals surface area (Å²) in [6, 6.07) is 10.7. The fraction of sp³-hybridized carbons (Fsp3) is 0.188. The van der Waals surface area contributed by atoms with Gasteiger partial charge in [0.05, 0.1) is 24.2 Å². The Morgan fingerprint density at radius 2 is 2.09 bits per heavy atom. The molecule has 0 saturated heterocycles. The minimum atomic E-state index is -0.114. The van der Waals surface area contributed by atoms with E-state index in [1.165, 1.54) is 11.3 Å². The highest BCUT2D eigenvalue weighted by Crippen LogP contribution is 2.16. The molecule has 0 bridgehead atoms. The van der Waals surface area contributed by atoms with Gasteiger partial charge < -0.3 is 4.74 Å². The summed E-state index contributed by atoms with van der Waals surface area (Å²) in [4.78, 5) is 22.8. The predicted octanol–water partition coefficient (Wildman–Crippen LogP) is 2.99. The van der Waals surface area contributed by atoms with Crippen molar-refractivity contribution in [2.24, 2.45) is 4.99 Å². The molecule has 0 unspecified atom stereocenters. The summed E-state index contributed by atoms with van der Waals surface area (Å²) < 4.78 is 6.72. The second-order valence-electron chi connectivity index (χ2n) is 4.78. The highest BCUT2D eigenvalue weighted by Gasteiger charge is 2.07. The van der Waals surface area contributed by atoms with E-state index >= 15 is 0 Å². The summed E-state index contributed by atoms with van der Waals surface area (Å²) in [5.41, 5.74) is 0.614. The van der Waals surface area contributed by atoms with Crippen molar-refractivity contribution in [3.05, 3.63) is 62.8 Å². The lowest BCUT2D eigenvalue weighted by atomic mass is 10.3. The number of fused-ring (bicyclic) bond motifs is 1. The molecular weight excluding hydrogens is 334 g/mol. The van der Waals surface area contributed by atoms with Gasteiger partial charge >= 0.3 is 0 Å². The molecule has 0 N–H and O–H groups in total. The smallest absolute Gasteiger partial charge is 0.263 e. The lowest BCUT2D eigenvalue weighted by molar-refractivity contribution is 0.185. The number of aromatic nitrogens is 2. The Morgan fingerprint density at radius 1 is 1.30 bits per heavy atom. The maximum atomic E-state index is 12.7. The molecule has 0 aliphatic rings. The van der Waals surface area contributed by atoms with Crippen LogP contribution in [-0.4, -0.2) is 23.3 Å². The number of hydrogen-bond donors (Lipinski definition) is 0. The van der Waals surface area contributed by atoms with E-state index in [2.05, 4.69) is 9.98 Å². The first kappa shape index (κ1) is 15.9. The first-order chi connectivity index (χ1) is 11.2. The Bertz CT molecular complexity index is 948. The number of nitrogens with zero attached hydrogens (tertiary/aromatic N) is 3. The zero-order valence-electron chi connectivity index (χ0n) is 12.4. The number of methoxy groups -OCH3 is 1. The maximum Gasteiger partial charge on any atom is 0.263 e. The van der Waals surface area contributed by atoms with E-state index in [4.69, 9.17) is 16.3 Å². The van der Waals surface area contributed by atoms with Gasteiger partial charge in [0.2, 0.25) is 0 Å². The van der Waals surface area contributed by atoms with Gasteiger partial charge in [0.25, 0.3) is 5.56 Å². The van der Waals surface area contributed by atoms with Crippen molar-refractivity contribution in [3.63, 3.8) is 0 Å². The Labute approximate surface area is 141 Å². The van der Waals surface area contributed by atoms with Crippen LogP contribution in [0.25, 0.3) is 10.2 Å². The van der Waals surface area contributed by atoms with Crippen LogP contribution in [0, 0.1) is 0 Å². The van der Waals surface area contributed by atoms with Crippen molar-refractivity contribution in [2.75, 3.05) is 13.7 Å². The monoisotopic (exact) mass is 347 g/mol. The van der Waals surface area contributed by atoms with Gasteiger partial charge in [0.1, 0.15) is 4.83 Å². The van der Waals surface area contributed by atoms with Crippen LogP contribution in [0.2, 0.25) is 5.02 Å². The molecule has 2 heterocycles. The van der Waals surface area contributed by atoms with E-state index in [1.807, 2.05) is 12.1 Å². The van der Waals surface area contributed by atoms with Crippen LogP contribution < -0.4 is 10.4 Å². The van der Waals surface area contributed by atoms with E-state index < -0.39 is 0 Å². The van der Waals surface area contributed by atoms with Gasteiger partial charge in [-0.15, -0.1) is 0 Å². The molecule has 0 atom stereocenters. The van der Waals surface area contributed by atoms with Crippen molar-refractivity contribution < 1.29 is 4.74 Å². The zero-order valence-corrected chi connectivity index (χ0v) is 14.0. The molecule has 118 valence electrons. The number of halogens is 1. The maximum absolute atomic E-state index is 12.7. The van der Waals surface area contributed by atoms with Crippen molar-refractivity contribution in [3.8, 4) is 0 Å². The number of ether oxygens (including phenoxy) is 1. The minimum absolute atomic E-state index is 0.114. The first-order valence-electron chi connectivity index (χ1n) is 6.97. The third-order valence-electron chi connectivity index (χ3n) is 3.24. The van der Waals surface area contributed by atoms with E-state index in [0.717, 1.165) is 5.69 Å². The summed E-state index contributed by atoms with van der Waals surface area (Å²) in [6.07, 6.45) is 1.67. The number of benzene rings is 1. The molecule has 0 aliphatic carbocycles. The second kappa shape index (κ2) is 7.04. The molecule has 2 aromatic heterocycles. The summed E-state index contributed by atoms with van der Waals surface area (Å²) in [6.45, 7) is 0.866. The molecule has 0 aliphatic heterocycles. The quantitative estimate of drug-likeness (QED) is 0.729. The van der Waals surface area contributed by atoms with Crippen molar-refractivity contribution >= 4 is 38.8 Å². The predicted molar refractivity (Wildman–Crippen MR) is 92.4 cm³/mol. The second-order valence-corrected chi connectivity index (χ2v) is 6.17. The fourth-order valence-corrected chi connectivity index (χ4v) is 3.21. The Morgan fingerprint density at radius 3 is 2.83 bits per heavy atom. The molecule has 0 radical (unpaired) electrons. The topological polar surface area (TPSA) is 56.5 Å². The summed E-state index contributed by atoms with van der Waals surface area (Å²) >= 11 is 7.27. The molecule has 0 fully saturated rings. The Hall–Kier alpha value is -2.02. The third kappa shape index (κ3) is 3.50. The van der Waals surface area contributed by atoms with Gasteiger partial charge in [-0.05, 0) is 36.4 Å². The van der Waals surface area contributed by atoms with Gasteiger partial charge in [-0.25, -0.2) is 9.98 Å². The molecule has 23 heavy (non-hydrogen) atoms. The summed E-state index contributed by atoms with van der Waals surface area (Å²) in [5.74, 6) is 0. The van der Waals surface area contributed by atoms with Crippen LogP contribution in [-0.2, 0) is 11.3 Å². The van der Waals surface area contributed by atoms with Gasteiger partial charge in [-0.1, -0.05) is 22.9 Å². The van der Waals surface area contributed by atoms with E-state index in [-0.39, 0.29) is 5.56 Å². The van der Waals surface area contributed by atoms with Crippen LogP contribution >= 0.6 is 22.9 Å². The molecule has 1 aromatic carbocycles. The number of hydrogen-bond acceptors (Lipinski definition) is 5. The minimum Gasteiger partial charge on any atom is -0.383 e. The molecule has 3 rings (SSSR count). The molecule has 3 aromatic rings. The molecule has 7 heteroatoms. The van der Waals surface area contributed by atoms with Gasteiger partial charge in [0, 0.05) is 18.3 Å². The molecule has 0 spiro atoms. The summed E-state index contributed by atoms with van der Waals surface area (Å²) in [7, 11) is 1.60. The van der Waals surface area contributed by atoms with Crippen molar-refractivity contribution in [2.45, 2.75) is 6.54 Å². The fourth-order valence-electron chi connectivity index (χ4n) is 2.10. The van der Waals surface area contributed by atoms with Gasteiger partial charge in [-0.2, -0.15) is 0 Å². The van der Waals surface area contributed by atoms with Crippen molar-refractivity contribution in [1.82, 2.24) is 9.55 Å². The molecular formula is C16H14ClN3O2S. The van der Waals surface area contributed by atoms with E-state index in [9.17, 15) is 4.79 Å². The van der Waals surface area contributed by atoms with E-state index in [0.29, 0.717) is 33.2 Å². The third-order valence-corrected chi connectivity index (χ3v) is 4.50. The molecule has 0 saturated carbocycles. The van der Waals surface area contributed by atoms with Crippen LogP contribution in [0.15, 0.2) is 52.4 Å². The zero-order chi connectivity index (χ0) is 16.2. The first-order valence-corrected chi connectivity index (χ1v) is 8.16. The lowest BCUT2D eigenvalue weighted by Gasteiger charge is -2.07. The molecule has 5 nitrogen and oxygen atoms in total. The average Bonchev–Trinajstić information content (AvgIpc) is 2.57. The van der Waals surface area contributed by atoms with E-state index in [1.54, 1.807) is 42.1 Å². The van der Waals surface area contributed by atoms with Crippen LogP contribution in [0.3, 0.4) is 0 Å². The average molecular weight is 348 g/mol. The highest BCUT2D eigenvalue weighted by atomic mass is 35.5. The Balaban J connectivity index is 2.24. The van der Waals surface area contributed by atoms with Crippen LogP contribution in [0.4, 0.5) is 5.69 Å². The van der Waals surface area contributed by atoms with Crippen LogP contribution in [0.5, 0.6) is 0 Å². The lowest BCUT2D eigenvalue weighted by Crippen LogP contribution is -2.33. The van der Waals surface area contributed by atoms with Crippen molar-refractivity contribution in [1.29, 1.82) is 0 Å². The number of pyridine rings is 1. The summed E-state index contributed by atoms with van der Waals surface area (Å²) in [5, 5.41) is 1.23. The SMILES string of the molecule is COCCn1c(=O)c2cccnc2s/c1=N\c1ccc(Cl)cc1. The van der Waals surface area contributed by atoms with Crippen LogP contribution in [0.1, 0.15) is 0 Å². The highest BCUT2D eigenvalue weighted by molar-refractivity contribution is 7.15. The Kier molecular flexibility index (Phi) is 4.85. The number of rotatable bonds is 4. The normalized spacial score (nSPS) is 12.0. The van der Waals surface area contributed by atoms with Gasteiger partial charge in [0.15, 0.2) is 4.80 Å². The largest absolute Gasteiger partial charge is 0.383 e. The standard InChI is InChI=1S/C16H14ClN3O2S/c1-22-10-9-20-15(21)13-3-2-8-18-14(13)23-16(20)19-12-6-4-11(17)5-7-12/h2-8H,9-10H2,1H3/b19-16-. The van der Waals surface area contributed by atoms with Gasteiger partial charge in [-0.3, -0.25) is 9.36 Å². The molecule has 0 amide bonds.